The molecule has 1 aromatic carbocycles. The van der Waals surface area contributed by atoms with Gasteiger partial charge in [0.25, 0.3) is 5.56 Å². The molecule has 130 valence electrons. The van der Waals surface area contributed by atoms with Crippen molar-refractivity contribution in [2.75, 3.05) is 0 Å². The Kier molecular flexibility index (Phi) is 4.18. The Morgan fingerprint density at radius 1 is 1.23 bits per heavy atom. The molecule has 0 aliphatic carbocycles. The summed E-state index contributed by atoms with van der Waals surface area (Å²) >= 11 is 7.23. The molecule has 0 unspecified atom stereocenters. The summed E-state index contributed by atoms with van der Waals surface area (Å²) < 4.78 is 6.83. The minimum atomic E-state index is -0.494. The highest BCUT2D eigenvalue weighted by molar-refractivity contribution is 7.15. The Morgan fingerprint density at radius 3 is 2.92 bits per heavy atom. The van der Waals surface area contributed by atoms with Gasteiger partial charge < -0.3 is 4.74 Å². The molecule has 4 rings (SSSR count). The summed E-state index contributed by atoms with van der Waals surface area (Å²) in [7, 11) is 0. The van der Waals surface area contributed by atoms with E-state index in [1.807, 2.05) is 12.3 Å². The van der Waals surface area contributed by atoms with Crippen LogP contribution in [-0.2, 0) is 11.3 Å². The summed E-state index contributed by atoms with van der Waals surface area (Å²) in [6.07, 6.45) is 0. The van der Waals surface area contributed by atoms with Crippen LogP contribution in [0.4, 0.5) is 0 Å². The molecule has 0 bridgehead atoms. The maximum atomic E-state index is 12.3. The Bertz CT molecular complexity index is 1220. The van der Waals surface area contributed by atoms with Crippen molar-refractivity contribution in [2.24, 2.45) is 0 Å². The van der Waals surface area contributed by atoms with E-state index in [0.29, 0.717) is 26.9 Å². The fourth-order valence-electron chi connectivity index (χ4n) is 2.63. The fourth-order valence-corrected chi connectivity index (χ4v) is 3.67. The lowest BCUT2D eigenvalue weighted by Crippen LogP contribution is -2.16. The van der Waals surface area contributed by atoms with E-state index in [4.69, 9.17) is 16.3 Å². The molecule has 3 aromatic heterocycles. The van der Waals surface area contributed by atoms with Gasteiger partial charge in [-0.1, -0.05) is 11.6 Å². The lowest BCUT2D eigenvalue weighted by molar-refractivity contribution is 0.0468. The molecule has 6 nitrogen and oxygen atoms in total. The van der Waals surface area contributed by atoms with Crippen molar-refractivity contribution in [3.63, 3.8) is 0 Å². The van der Waals surface area contributed by atoms with Crippen LogP contribution in [0, 0.1) is 6.92 Å². The second-order valence-corrected chi connectivity index (χ2v) is 6.92. The number of rotatable bonds is 3. The minimum absolute atomic E-state index is 0.0710. The number of hydrogen-bond acceptors (Lipinski definition) is 6. The van der Waals surface area contributed by atoms with Crippen molar-refractivity contribution < 1.29 is 9.53 Å². The molecule has 0 saturated carbocycles. The Balaban J connectivity index is 1.55. The monoisotopic (exact) mass is 385 g/mol. The molecule has 0 atom stereocenters. The van der Waals surface area contributed by atoms with Crippen LogP contribution in [0.1, 0.15) is 21.7 Å². The van der Waals surface area contributed by atoms with Crippen molar-refractivity contribution in [3.05, 3.63) is 74.2 Å². The number of aromatic nitrogens is 3. The molecular weight excluding hydrogens is 374 g/mol. The number of pyridine rings is 1. The standard InChI is InChI=1S/C18H12ClN3O3S/c1-10-9-26-18-20-13(7-16(23)22(10)18)8-25-17(24)12-2-4-14-11(6-12)3-5-15(19)21-14/h2-7,9H,8H2,1H3. The van der Waals surface area contributed by atoms with Crippen molar-refractivity contribution in [1.29, 1.82) is 0 Å². The second kappa shape index (κ2) is 6.51. The Morgan fingerprint density at radius 2 is 2.08 bits per heavy atom. The number of carbonyl (C=O) groups is 1. The van der Waals surface area contributed by atoms with E-state index in [0.717, 1.165) is 11.1 Å². The molecule has 0 N–H and O–H groups in total. The summed E-state index contributed by atoms with van der Waals surface area (Å²) in [5.74, 6) is -0.494. The van der Waals surface area contributed by atoms with Crippen LogP contribution in [0.2, 0.25) is 5.15 Å². The van der Waals surface area contributed by atoms with Crippen LogP contribution >= 0.6 is 22.9 Å². The largest absolute Gasteiger partial charge is 0.456 e. The molecule has 0 radical (unpaired) electrons. The van der Waals surface area contributed by atoms with E-state index in [1.54, 1.807) is 30.3 Å². The van der Waals surface area contributed by atoms with Crippen molar-refractivity contribution in [2.45, 2.75) is 13.5 Å². The predicted molar refractivity (Wildman–Crippen MR) is 99.9 cm³/mol. The fraction of sp³-hybridized carbons (Fsp3) is 0.111. The highest BCUT2D eigenvalue weighted by atomic mass is 35.5. The molecule has 0 spiro atoms. The first-order chi connectivity index (χ1) is 12.5. The Hall–Kier alpha value is -2.77. The summed E-state index contributed by atoms with van der Waals surface area (Å²) in [5, 5.41) is 3.04. The van der Waals surface area contributed by atoms with Crippen LogP contribution in [0.5, 0.6) is 0 Å². The summed E-state index contributed by atoms with van der Waals surface area (Å²) in [6.45, 7) is 1.77. The van der Waals surface area contributed by atoms with E-state index >= 15 is 0 Å². The zero-order chi connectivity index (χ0) is 18.3. The third kappa shape index (κ3) is 3.07. The number of fused-ring (bicyclic) bond motifs is 2. The number of aryl methyl sites for hydroxylation is 1. The van der Waals surface area contributed by atoms with Crippen LogP contribution in [0.25, 0.3) is 15.9 Å². The number of halogens is 1. The summed E-state index contributed by atoms with van der Waals surface area (Å²) in [5.41, 5.74) is 2.15. The van der Waals surface area contributed by atoms with Gasteiger partial charge in [-0.3, -0.25) is 9.20 Å². The van der Waals surface area contributed by atoms with Gasteiger partial charge in [-0.25, -0.2) is 14.8 Å². The Labute approximate surface area is 156 Å². The third-order valence-corrected chi connectivity index (χ3v) is 5.02. The maximum absolute atomic E-state index is 12.3. The molecule has 3 heterocycles. The van der Waals surface area contributed by atoms with Gasteiger partial charge in [-0.15, -0.1) is 11.3 Å². The first-order valence-electron chi connectivity index (χ1n) is 7.71. The van der Waals surface area contributed by atoms with Crippen LogP contribution < -0.4 is 5.56 Å². The second-order valence-electron chi connectivity index (χ2n) is 5.70. The summed E-state index contributed by atoms with van der Waals surface area (Å²) in [6, 6.07) is 9.86. The van der Waals surface area contributed by atoms with Crippen LogP contribution in [0.15, 0.2) is 46.6 Å². The average molecular weight is 386 g/mol. The van der Waals surface area contributed by atoms with E-state index in [9.17, 15) is 9.59 Å². The maximum Gasteiger partial charge on any atom is 0.338 e. The molecule has 0 aliphatic rings. The molecule has 0 aliphatic heterocycles. The van der Waals surface area contributed by atoms with Gasteiger partial charge in [0.1, 0.15) is 11.8 Å². The number of benzene rings is 1. The number of esters is 1. The first kappa shape index (κ1) is 16.7. The topological polar surface area (TPSA) is 73.6 Å². The molecule has 26 heavy (non-hydrogen) atoms. The molecule has 0 amide bonds. The average Bonchev–Trinajstić information content (AvgIpc) is 3.00. The number of hydrogen-bond donors (Lipinski definition) is 0. The molecule has 0 saturated heterocycles. The number of nitrogens with zero attached hydrogens (tertiary/aromatic N) is 3. The molecule has 8 heteroatoms. The van der Waals surface area contributed by atoms with E-state index in [-0.39, 0.29) is 12.2 Å². The van der Waals surface area contributed by atoms with Gasteiger partial charge >= 0.3 is 5.97 Å². The highest BCUT2D eigenvalue weighted by Gasteiger charge is 2.11. The van der Waals surface area contributed by atoms with E-state index in [2.05, 4.69) is 9.97 Å². The van der Waals surface area contributed by atoms with Gasteiger partial charge in [0.15, 0.2) is 4.96 Å². The van der Waals surface area contributed by atoms with Crippen molar-refractivity contribution in [1.82, 2.24) is 14.4 Å². The lowest BCUT2D eigenvalue weighted by Gasteiger charge is -2.06. The van der Waals surface area contributed by atoms with Crippen molar-refractivity contribution in [3.8, 4) is 0 Å². The quantitative estimate of drug-likeness (QED) is 0.398. The zero-order valence-electron chi connectivity index (χ0n) is 13.6. The molecule has 0 fully saturated rings. The SMILES string of the molecule is Cc1csc2nc(COC(=O)c3ccc4nc(Cl)ccc4c3)cc(=O)n12. The summed E-state index contributed by atoms with van der Waals surface area (Å²) in [4.78, 5) is 33.6. The molecule has 4 aromatic rings. The first-order valence-corrected chi connectivity index (χ1v) is 8.97. The molecular formula is C18H12ClN3O3S. The predicted octanol–water partition coefficient (Wildman–Crippen LogP) is 3.62. The van der Waals surface area contributed by atoms with Gasteiger partial charge in [-0.05, 0) is 37.3 Å². The lowest BCUT2D eigenvalue weighted by atomic mass is 10.1. The van der Waals surface area contributed by atoms with Gasteiger partial charge in [0.2, 0.25) is 0 Å². The van der Waals surface area contributed by atoms with Crippen LogP contribution in [0.3, 0.4) is 0 Å². The van der Waals surface area contributed by atoms with Gasteiger partial charge in [0.05, 0.1) is 16.8 Å². The van der Waals surface area contributed by atoms with E-state index < -0.39 is 5.97 Å². The van der Waals surface area contributed by atoms with Gasteiger partial charge in [-0.2, -0.15) is 0 Å². The third-order valence-electron chi connectivity index (χ3n) is 3.87. The smallest absolute Gasteiger partial charge is 0.338 e. The number of carbonyl (C=O) groups excluding carboxylic acids is 1. The highest BCUT2D eigenvalue weighted by Crippen LogP contribution is 2.18. The van der Waals surface area contributed by atoms with E-state index in [1.165, 1.54) is 21.8 Å². The zero-order valence-corrected chi connectivity index (χ0v) is 15.2. The van der Waals surface area contributed by atoms with Crippen molar-refractivity contribution >= 4 is 44.8 Å². The minimum Gasteiger partial charge on any atom is -0.456 e. The number of thiazole rings is 1. The van der Waals surface area contributed by atoms with Gasteiger partial charge in [0, 0.05) is 22.5 Å². The normalized spacial score (nSPS) is 11.2. The van der Waals surface area contributed by atoms with Crippen LogP contribution in [-0.4, -0.2) is 20.3 Å². The number of ether oxygens (including phenoxy) is 1.